The van der Waals surface area contributed by atoms with E-state index >= 15 is 0 Å². The molecule has 0 N–H and O–H groups in total. The van der Waals surface area contributed by atoms with E-state index in [-0.39, 0.29) is 5.97 Å². The summed E-state index contributed by atoms with van der Waals surface area (Å²) in [6.07, 6.45) is 8.21. The molecular weight excluding hydrogens is 176 g/mol. The molecule has 0 atom stereocenters. The van der Waals surface area contributed by atoms with E-state index in [4.69, 9.17) is 4.74 Å². The number of hydrogen-bond acceptors (Lipinski definition) is 2. The summed E-state index contributed by atoms with van der Waals surface area (Å²) in [6, 6.07) is 0. The minimum atomic E-state index is -0.0284. The molecule has 0 spiro atoms. The molecule has 1 aliphatic carbocycles. The number of rotatable bonds is 4. The van der Waals surface area contributed by atoms with Gasteiger partial charge in [-0.2, -0.15) is 0 Å². The van der Waals surface area contributed by atoms with Gasteiger partial charge in [0.15, 0.2) is 0 Å². The Labute approximate surface area is 87.0 Å². The zero-order chi connectivity index (χ0) is 10.4. The van der Waals surface area contributed by atoms with Gasteiger partial charge in [0.05, 0.1) is 6.61 Å². The highest BCUT2D eigenvalue weighted by Crippen LogP contribution is 2.39. The van der Waals surface area contributed by atoms with E-state index in [0.29, 0.717) is 18.4 Å². The molecule has 0 heterocycles. The van der Waals surface area contributed by atoms with Crippen molar-refractivity contribution in [1.82, 2.24) is 0 Å². The van der Waals surface area contributed by atoms with Gasteiger partial charge in [0, 0.05) is 6.42 Å². The van der Waals surface area contributed by atoms with Crippen LogP contribution in [0, 0.1) is 5.41 Å². The fraction of sp³-hybridized carbons (Fsp3) is 0.917. The second kappa shape index (κ2) is 5.38. The largest absolute Gasteiger partial charge is 0.466 e. The van der Waals surface area contributed by atoms with Crippen LogP contribution < -0.4 is 0 Å². The number of ether oxygens (including phenoxy) is 1. The number of carbonyl (C=O) groups excluding carboxylic acids is 1. The maximum Gasteiger partial charge on any atom is 0.305 e. The Kier molecular flexibility index (Phi) is 4.43. The minimum absolute atomic E-state index is 0.0284. The lowest BCUT2D eigenvalue weighted by molar-refractivity contribution is -0.143. The molecule has 0 aromatic rings. The summed E-state index contributed by atoms with van der Waals surface area (Å²) in [5, 5.41) is 0. The molecule has 0 amide bonds. The van der Waals surface area contributed by atoms with E-state index in [0.717, 1.165) is 6.42 Å². The van der Waals surface area contributed by atoms with Crippen LogP contribution in [0.3, 0.4) is 0 Å². The van der Waals surface area contributed by atoms with Crippen LogP contribution in [-0.4, -0.2) is 12.6 Å². The molecule has 14 heavy (non-hydrogen) atoms. The van der Waals surface area contributed by atoms with Crippen molar-refractivity contribution in [2.75, 3.05) is 6.61 Å². The van der Waals surface area contributed by atoms with Crippen molar-refractivity contribution in [2.45, 2.75) is 58.8 Å². The molecule has 0 saturated heterocycles. The van der Waals surface area contributed by atoms with Crippen molar-refractivity contribution >= 4 is 5.97 Å². The molecule has 0 aliphatic heterocycles. The minimum Gasteiger partial charge on any atom is -0.466 e. The van der Waals surface area contributed by atoms with Crippen molar-refractivity contribution in [2.24, 2.45) is 5.41 Å². The Morgan fingerprint density at radius 3 is 2.50 bits per heavy atom. The first-order valence-electron chi connectivity index (χ1n) is 5.82. The van der Waals surface area contributed by atoms with Crippen LogP contribution in [0.25, 0.3) is 0 Å². The molecule has 2 heteroatoms. The maximum absolute atomic E-state index is 11.2. The van der Waals surface area contributed by atoms with Crippen molar-refractivity contribution in [1.29, 1.82) is 0 Å². The number of hydrogen-bond donors (Lipinski definition) is 0. The average Bonchev–Trinajstić information content (AvgIpc) is 2.17. The van der Waals surface area contributed by atoms with Crippen LogP contribution in [0.5, 0.6) is 0 Å². The first-order valence-corrected chi connectivity index (χ1v) is 5.82. The molecule has 0 bridgehead atoms. The molecular formula is C12H22O2. The van der Waals surface area contributed by atoms with Gasteiger partial charge in [0.25, 0.3) is 0 Å². The number of esters is 1. The van der Waals surface area contributed by atoms with E-state index < -0.39 is 0 Å². The third-order valence-electron chi connectivity index (χ3n) is 3.30. The first-order chi connectivity index (χ1) is 6.66. The summed E-state index contributed by atoms with van der Waals surface area (Å²) in [7, 11) is 0. The van der Waals surface area contributed by atoms with Crippen LogP contribution >= 0.6 is 0 Å². The smallest absolute Gasteiger partial charge is 0.305 e. The maximum atomic E-state index is 11.2. The highest BCUT2D eigenvalue weighted by atomic mass is 16.5. The Balaban J connectivity index is 2.24. The quantitative estimate of drug-likeness (QED) is 0.648. The summed E-state index contributed by atoms with van der Waals surface area (Å²) >= 11 is 0. The van der Waals surface area contributed by atoms with Crippen LogP contribution in [-0.2, 0) is 9.53 Å². The van der Waals surface area contributed by atoms with Gasteiger partial charge >= 0.3 is 5.97 Å². The van der Waals surface area contributed by atoms with Crippen LogP contribution in [0.1, 0.15) is 58.8 Å². The highest BCUT2D eigenvalue weighted by Gasteiger charge is 2.27. The second-order valence-electron chi connectivity index (χ2n) is 4.68. The molecule has 1 aliphatic rings. The fourth-order valence-electron chi connectivity index (χ4n) is 2.29. The Hall–Kier alpha value is -0.530. The summed E-state index contributed by atoms with van der Waals surface area (Å²) in [6.45, 7) is 4.68. The topological polar surface area (TPSA) is 26.3 Å². The third kappa shape index (κ3) is 3.69. The monoisotopic (exact) mass is 198 g/mol. The highest BCUT2D eigenvalue weighted by molar-refractivity contribution is 5.69. The lowest BCUT2D eigenvalue weighted by Gasteiger charge is -2.33. The van der Waals surface area contributed by atoms with Crippen LogP contribution in [0.15, 0.2) is 0 Å². The van der Waals surface area contributed by atoms with E-state index in [9.17, 15) is 4.79 Å². The van der Waals surface area contributed by atoms with Gasteiger partial charge in [-0.25, -0.2) is 0 Å². The molecule has 2 nitrogen and oxygen atoms in total. The zero-order valence-electron chi connectivity index (χ0n) is 9.47. The summed E-state index contributed by atoms with van der Waals surface area (Å²) in [5.74, 6) is -0.0284. The fourth-order valence-corrected chi connectivity index (χ4v) is 2.29. The third-order valence-corrected chi connectivity index (χ3v) is 3.30. The van der Waals surface area contributed by atoms with E-state index in [1.54, 1.807) is 0 Å². The second-order valence-corrected chi connectivity index (χ2v) is 4.68. The van der Waals surface area contributed by atoms with E-state index in [1.165, 1.54) is 32.1 Å². The molecule has 0 aromatic heterocycles. The molecule has 0 unspecified atom stereocenters. The SMILES string of the molecule is CCOC(=O)CCC1(C)CCCCC1. The van der Waals surface area contributed by atoms with Gasteiger partial charge in [0.2, 0.25) is 0 Å². The molecule has 82 valence electrons. The standard InChI is InChI=1S/C12H22O2/c1-3-14-11(13)7-10-12(2)8-5-4-6-9-12/h3-10H2,1-2H3. The van der Waals surface area contributed by atoms with Crippen LogP contribution in [0.4, 0.5) is 0 Å². The van der Waals surface area contributed by atoms with Crippen molar-refractivity contribution in [3.8, 4) is 0 Å². The molecule has 1 saturated carbocycles. The molecule has 0 radical (unpaired) electrons. The zero-order valence-corrected chi connectivity index (χ0v) is 9.47. The van der Waals surface area contributed by atoms with Gasteiger partial charge in [-0.1, -0.05) is 26.2 Å². The van der Waals surface area contributed by atoms with Gasteiger partial charge in [-0.3, -0.25) is 4.79 Å². The normalized spacial score (nSPS) is 20.4. The Bertz CT molecular complexity index is 181. The van der Waals surface area contributed by atoms with Crippen LogP contribution in [0.2, 0.25) is 0 Å². The van der Waals surface area contributed by atoms with E-state index in [2.05, 4.69) is 6.92 Å². The van der Waals surface area contributed by atoms with Crippen molar-refractivity contribution in [3.63, 3.8) is 0 Å². The summed E-state index contributed by atoms with van der Waals surface area (Å²) < 4.78 is 4.94. The molecule has 0 aromatic carbocycles. The van der Waals surface area contributed by atoms with E-state index in [1.807, 2.05) is 6.92 Å². The van der Waals surface area contributed by atoms with Crippen molar-refractivity contribution < 1.29 is 9.53 Å². The summed E-state index contributed by atoms with van der Waals surface area (Å²) in [5.41, 5.74) is 0.408. The predicted molar refractivity (Wildman–Crippen MR) is 57.1 cm³/mol. The Morgan fingerprint density at radius 1 is 1.29 bits per heavy atom. The average molecular weight is 198 g/mol. The molecule has 1 rings (SSSR count). The predicted octanol–water partition coefficient (Wildman–Crippen LogP) is 3.30. The summed E-state index contributed by atoms with van der Waals surface area (Å²) in [4.78, 5) is 11.2. The van der Waals surface area contributed by atoms with Gasteiger partial charge in [-0.15, -0.1) is 0 Å². The number of carbonyl (C=O) groups is 1. The molecule has 1 fully saturated rings. The van der Waals surface area contributed by atoms with Gasteiger partial charge in [-0.05, 0) is 31.6 Å². The lowest BCUT2D eigenvalue weighted by Crippen LogP contribution is -2.21. The van der Waals surface area contributed by atoms with Gasteiger partial charge < -0.3 is 4.74 Å². The van der Waals surface area contributed by atoms with Gasteiger partial charge in [0.1, 0.15) is 0 Å². The first kappa shape index (κ1) is 11.5. The Morgan fingerprint density at radius 2 is 1.93 bits per heavy atom. The lowest BCUT2D eigenvalue weighted by atomic mass is 9.73. The van der Waals surface area contributed by atoms with Crippen molar-refractivity contribution in [3.05, 3.63) is 0 Å².